The van der Waals surface area contributed by atoms with Gasteiger partial charge in [0.05, 0.1) is 13.0 Å². The van der Waals surface area contributed by atoms with E-state index in [-0.39, 0.29) is 35.9 Å². The number of ether oxygens (including phenoxy) is 4. The Hall–Kier alpha value is -3.21. The quantitative estimate of drug-likeness (QED) is 0.119. The second-order valence-electron chi connectivity index (χ2n) is 12.3. The highest BCUT2D eigenvalue weighted by atomic mass is 33.1. The molecule has 3 unspecified atom stereocenters. The summed E-state index contributed by atoms with van der Waals surface area (Å²) in [6.07, 6.45) is 1.38. The Kier molecular flexibility index (Phi) is 9.63. The lowest BCUT2D eigenvalue weighted by Crippen LogP contribution is -2.23. The number of phenols is 2. The minimum atomic E-state index is -0.444. The minimum Gasteiger partial charge on any atom is -0.508 e. The molecule has 2 heterocycles. The molecule has 0 amide bonds. The monoisotopic (exact) mass is 651 g/mol. The van der Waals surface area contributed by atoms with Gasteiger partial charge >= 0.3 is 5.97 Å². The SMILES string of the molecule is COc1cc(O)cc2c1-c1ccc3c4c1C(CSSCc1cc(O)c(OCCNCCC(C)C)cc1C(O4)C3COC(C)=O)C2. The van der Waals surface area contributed by atoms with Gasteiger partial charge in [0.1, 0.15) is 36.6 Å². The van der Waals surface area contributed by atoms with E-state index in [9.17, 15) is 15.0 Å². The van der Waals surface area contributed by atoms with Crippen LogP contribution in [0, 0.1) is 5.92 Å². The topological polar surface area (TPSA) is 106 Å². The standard InChI is InChI=1S/C35H41NO7S2/c1-19(2)7-8-36-9-10-41-30-15-27-22(13-29(30)39)17-44-45-18-23-11-21-12-24(38)14-31(40-4)32(21)26-6-5-25-28(16-42-20(3)37)34(27)43-35(25)33(23)26/h5-6,12-15,19,23,28,34,36,38-39H,7-11,16-18H2,1-4H3. The fourth-order valence-corrected chi connectivity index (χ4v) is 9.03. The van der Waals surface area contributed by atoms with E-state index in [0.29, 0.717) is 36.3 Å². The average molecular weight is 652 g/mol. The van der Waals surface area contributed by atoms with E-state index in [1.54, 1.807) is 40.8 Å². The molecule has 2 aliphatic heterocycles. The molecule has 0 fully saturated rings. The Labute approximate surface area is 272 Å². The molecule has 0 aromatic heterocycles. The van der Waals surface area contributed by atoms with Crippen molar-refractivity contribution >= 4 is 27.6 Å². The molecule has 2 bridgehead atoms. The van der Waals surface area contributed by atoms with Crippen molar-refractivity contribution in [1.29, 1.82) is 0 Å². The molecule has 8 nitrogen and oxygen atoms in total. The summed E-state index contributed by atoms with van der Waals surface area (Å²) in [5.41, 5.74) is 7.06. The van der Waals surface area contributed by atoms with Crippen LogP contribution in [0.5, 0.6) is 28.7 Å². The highest BCUT2D eigenvalue weighted by Crippen LogP contribution is 2.58. The summed E-state index contributed by atoms with van der Waals surface area (Å²) in [5.74, 6) is 3.82. The molecule has 0 saturated heterocycles. The third-order valence-electron chi connectivity index (χ3n) is 8.76. The number of fused-ring (bicyclic) bond motifs is 5. The second kappa shape index (κ2) is 13.6. The Morgan fingerprint density at radius 1 is 1.07 bits per heavy atom. The van der Waals surface area contributed by atoms with Gasteiger partial charge in [0.2, 0.25) is 0 Å². The maximum Gasteiger partial charge on any atom is 0.302 e. The summed E-state index contributed by atoms with van der Waals surface area (Å²) in [6.45, 7) is 8.01. The normalized spacial score (nSPS) is 19.6. The van der Waals surface area contributed by atoms with E-state index in [1.165, 1.54) is 6.92 Å². The molecule has 0 saturated carbocycles. The molecule has 10 heteroatoms. The van der Waals surface area contributed by atoms with Crippen LogP contribution in [-0.4, -0.2) is 55.3 Å². The Morgan fingerprint density at radius 2 is 1.91 bits per heavy atom. The predicted molar refractivity (Wildman–Crippen MR) is 179 cm³/mol. The van der Waals surface area contributed by atoms with Crippen molar-refractivity contribution in [3.05, 3.63) is 64.2 Å². The molecule has 45 heavy (non-hydrogen) atoms. The van der Waals surface area contributed by atoms with Crippen molar-refractivity contribution in [2.24, 2.45) is 5.92 Å². The van der Waals surface area contributed by atoms with Crippen LogP contribution < -0.4 is 19.5 Å². The van der Waals surface area contributed by atoms with Crippen molar-refractivity contribution in [2.45, 2.75) is 57.3 Å². The number of nitrogens with one attached hydrogen (secondary N) is 1. The van der Waals surface area contributed by atoms with Crippen LogP contribution in [0.1, 0.15) is 72.9 Å². The molecular weight excluding hydrogens is 611 g/mol. The smallest absolute Gasteiger partial charge is 0.302 e. The van der Waals surface area contributed by atoms with Gasteiger partial charge in [-0.2, -0.15) is 0 Å². The largest absolute Gasteiger partial charge is 0.508 e. The van der Waals surface area contributed by atoms with Gasteiger partial charge in [-0.25, -0.2) is 0 Å². The van der Waals surface area contributed by atoms with Crippen LogP contribution in [0.3, 0.4) is 0 Å². The van der Waals surface area contributed by atoms with Crippen molar-refractivity contribution in [1.82, 2.24) is 5.32 Å². The van der Waals surface area contributed by atoms with Gasteiger partial charge in [0.25, 0.3) is 0 Å². The molecule has 0 spiro atoms. The number of carbonyl (C=O) groups is 1. The first-order valence-electron chi connectivity index (χ1n) is 15.6. The van der Waals surface area contributed by atoms with E-state index >= 15 is 0 Å². The lowest BCUT2D eigenvalue weighted by atomic mass is 9.77. The molecule has 6 rings (SSSR count). The molecule has 3 atom stereocenters. The molecule has 3 N–H and O–H groups in total. The van der Waals surface area contributed by atoms with Crippen LogP contribution in [0.25, 0.3) is 11.1 Å². The summed E-state index contributed by atoms with van der Waals surface area (Å²) in [7, 11) is 5.17. The number of phenolic OH excluding ortho intramolecular Hbond substituents is 2. The fraction of sp³-hybridized carbons (Fsp3) is 0.457. The summed E-state index contributed by atoms with van der Waals surface area (Å²) in [6, 6.07) is 11.4. The van der Waals surface area contributed by atoms with E-state index in [2.05, 4.69) is 31.3 Å². The number of benzene rings is 3. The van der Waals surface area contributed by atoms with E-state index < -0.39 is 6.10 Å². The number of hydrogen-bond donors (Lipinski definition) is 3. The minimum absolute atomic E-state index is 0.101. The lowest BCUT2D eigenvalue weighted by molar-refractivity contribution is -0.141. The zero-order valence-corrected chi connectivity index (χ0v) is 27.8. The zero-order valence-electron chi connectivity index (χ0n) is 26.2. The molecular formula is C35H41NO7S2. The Bertz CT molecular complexity index is 1580. The summed E-state index contributed by atoms with van der Waals surface area (Å²) < 4.78 is 24.4. The van der Waals surface area contributed by atoms with Gasteiger partial charge in [-0.1, -0.05) is 47.6 Å². The zero-order chi connectivity index (χ0) is 31.7. The van der Waals surface area contributed by atoms with Gasteiger partial charge in [0.15, 0.2) is 11.5 Å². The maximum atomic E-state index is 12.0. The van der Waals surface area contributed by atoms with Gasteiger partial charge in [-0.15, -0.1) is 0 Å². The van der Waals surface area contributed by atoms with E-state index in [0.717, 1.165) is 69.8 Å². The van der Waals surface area contributed by atoms with Crippen molar-refractivity contribution in [3.63, 3.8) is 0 Å². The highest BCUT2D eigenvalue weighted by molar-refractivity contribution is 8.76. The number of carbonyl (C=O) groups excluding carboxylic acids is 1. The first kappa shape index (κ1) is 31.8. The Morgan fingerprint density at radius 3 is 2.69 bits per heavy atom. The number of aromatic hydroxyl groups is 2. The van der Waals surface area contributed by atoms with Crippen LogP contribution in [0.4, 0.5) is 0 Å². The highest BCUT2D eigenvalue weighted by Gasteiger charge is 2.43. The molecule has 3 aromatic rings. The Balaban J connectivity index is 1.41. The van der Waals surface area contributed by atoms with E-state index in [4.69, 9.17) is 18.9 Å². The summed E-state index contributed by atoms with van der Waals surface area (Å²) in [4.78, 5) is 12.0. The molecule has 3 aliphatic rings. The summed E-state index contributed by atoms with van der Waals surface area (Å²) in [5, 5.41) is 24.9. The average Bonchev–Trinajstić information content (AvgIpc) is 3.36. The third-order valence-corrected chi connectivity index (χ3v) is 11.2. The maximum absolute atomic E-state index is 12.0. The van der Waals surface area contributed by atoms with Crippen LogP contribution in [0.2, 0.25) is 0 Å². The molecule has 0 radical (unpaired) electrons. The number of esters is 1. The van der Waals surface area contributed by atoms with Gasteiger partial charge in [0, 0.05) is 59.2 Å². The van der Waals surface area contributed by atoms with Crippen molar-refractivity contribution in [2.75, 3.05) is 39.2 Å². The first-order valence-corrected chi connectivity index (χ1v) is 18.0. The van der Waals surface area contributed by atoms with Crippen molar-refractivity contribution < 1.29 is 34.0 Å². The molecule has 1 aliphatic carbocycles. The number of rotatable bonds is 10. The van der Waals surface area contributed by atoms with Gasteiger partial charge in [-0.05, 0) is 60.2 Å². The van der Waals surface area contributed by atoms with Crippen LogP contribution in [-0.2, 0) is 21.7 Å². The molecule has 240 valence electrons. The second-order valence-corrected chi connectivity index (χ2v) is 14.8. The van der Waals surface area contributed by atoms with Gasteiger partial charge in [-0.3, -0.25) is 4.79 Å². The predicted octanol–water partition coefficient (Wildman–Crippen LogP) is 7.10. The first-order chi connectivity index (χ1) is 21.7. The third kappa shape index (κ3) is 6.55. The summed E-state index contributed by atoms with van der Waals surface area (Å²) >= 11 is 0. The van der Waals surface area contributed by atoms with Crippen LogP contribution >= 0.6 is 21.6 Å². The number of hydrogen-bond acceptors (Lipinski definition) is 10. The lowest BCUT2D eigenvalue weighted by Gasteiger charge is -2.30. The van der Waals surface area contributed by atoms with Crippen molar-refractivity contribution in [3.8, 4) is 39.9 Å². The van der Waals surface area contributed by atoms with Gasteiger partial charge < -0.3 is 34.5 Å². The van der Waals surface area contributed by atoms with E-state index in [1.807, 2.05) is 12.1 Å². The fourth-order valence-electron chi connectivity index (χ4n) is 6.61. The number of methoxy groups -OCH3 is 1. The van der Waals surface area contributed by atoms with Crippen LogP contribution in [0.15, 0.2) is 36.4 Å². The molecule has 3 aromatic carbocycles.